The lowest BCUT2D eigenvalue weighted by Gasteiger charge is -2.08. The van der Waals surface area contributed by atoms with Crippen LogP contribution in [0.4, 0.5) is 5.82 Å². The van der Waals surface area contributed by atoms with Crippen molar-refractivity contribution in [2.45, 2.75) is 11.4 Å². The van der Waals surface area contributed by atoms with Gasteiger partial charge in [-0.05, 0) is 23.8 Å². The number of anilines is 1. The number of rotatable bonds is 5. The maximum atomic E-state index is 12.1. The van der Waals surface area contributed by atoms with Crippen LogP contribution in [0, 0.1) is 0 Å². The third kappa shape index (κ3) is 3.78. The van der Waals surface area contributed by atoms with E-state index in [1.807, 2.05) is 42.5 Å². The number of hydrogen-bond acceptors (Lipinski definition) is 8. The van der Waals surface area contributed by atoms with Gasteiger partial charge in [0.1, 0.15) is 0 Å². The highest BCUT2D eigenvalue weighted by molar-refractivity contribution is 7.84. The molecule has 0 aliphatic heterocycles. The summed E-state index contributed by atoms with van der Waals surface area (Å²) in [6.07, 6.45) is 3.15. The molecule has 0 bridgehead atoms. The lowest BCUT2D eigenvalue weighted by Crippen LogP contribution is -2.01. The molecule has 8 nitrogen and oxygen atoms in total. The Hall–Kier alpha value is -3.43. The summed E-state index contributed by atoms with van der Waals surface area (Å²) in [7, 11) is -1.18. The molecule has 0 spiro atoms. The van der Waals surface area contributed by atoms with Crippen molar-refractivity contribution in [3.63, 3.8) is 0 Å². The van der Waals surface area contributed by atoms with Crippen LogP contribution in [0.15, 0.2) is 64.0 Å². The van der Waals surface area contributed by atoms with Crippen LogP contribution in [0.1, 0.15) is 9.84 Å². The first-order valence-corrected chi connectivity index (χ1v) is 10.3. The fourth-order valence-electron chi connectivity index (χ4n) is 2.88. The molecule has 1 unspecified atom stereocenters. The fourth-order valence-corrected chi connectivity index (χ4v) is 3.63. The summed E-state index contributed by atoms with van der Waals surface area (Å²) in [6, 6.07) is 14.8. The topological polar surface area (TPSA) is 134 Å². The molecule has 152 valence electrons. The minimum atomic E-state index is -1.18. The second-order valence-electron chi connectivity index (χ2n) is 6.26. The summed E-state index contributed by atoms with van der Waals surface area (Å²) >= 11 is 0. The highest BCUT2D eigenvalue weighted by atomic mass is 32.2. The summed E-state index contributed by atoms with van der Waals surface area (Å²) in [6.45, 7) is 0.410. The van der Waals surface area contributed by atoms with E-state index in [4.69, 9.17) is 15.9 Å². The predicted molar refractivity (Wildman–Crippen MR) is 117 cm³/mol. The zero-order chi connectivity index (χ0) is 20.4. The van der Waals surface area contributed by atoms with E-state index in [-0.39, 0.29) is 21.7 Å². The van der Waals surface area contributed by atoms with Crippen LogP contribution in [0.25, 0.3) is 34.3 Å². The van der Waals surface area contributed by atoms with Crippen molar-refractivity contribution in [3.05, 3.63) is 60.3 Å². The molecule has 0 aliphatic carbocycles. The molecule has 2 heterocycles. The first kappa shape index (κ1) is 18.9. The molecule has 4 rings (SSSR count). The average Bonchev–Trinajstić information content (AvgIpc) is 3.24. The van der Waals surface area contributed by atoms with Gasteiger partial charge in [-0.3, -0.25) is 4.21 Å². The Morgan fingerprint density at radius 3 is 2.69 bits per heavy atom. The van der Waals surface area contributed by atoms with Crippen LogP contribution in [-0.2, 0) is 17.3 Å². The second kappa shape index (κ2) is 7.90. The van der Waals surface area contributed by atoms with Gasteiger partial charge >= 0.3 is 0 Å². The van der Waals surface area contributed by atoms with Gasteiger partial charge in [-0.15, -0.1) is 10.2 Å². The number of nitrogen functional groups attached to an aromatic ring is 1. The van der Waals surface area contributed by atoms with Gasteiger partial charge in [0, 0.05) is 33.1 Å². The van der Waals surface area contributed by atoms with Gasteiger partial charge in [0.15, 0.2) is 11.5 Å². The Kier molecular flexibility index (Phi) is 5.15. The molecule has 0 amide bonds. The Balaban J connectivity index is 0.00000171. The summed E-state index contributed by atoms with van der Waals surface area (Å²) < 4.78 is 17.9. The van der Waals surface area contributed by atoms with Crippen molar-refractivity contribution in [3.8, 4) is 34.3 Å². The van der Waals surface area contributed by atoms with E-state index in [9.17, 15) is 4.21 Å². The second-order valence-corrected chi connectivity index (χ2v) is 7.60. The van der Waals surface area contributed by atoms with Gasteiger partial charge in [0.2, 0.25) is 5.89 Å². The first-order valence-electron chi connectivity index (χ1n) is 8.75. The van der Waals surface area contributed by atoms with Crippen LogP contribution in [-0.4, -0.2) is 30.6 Å². The van der Waals surface area contributed by atoms with Crippen LogP contribution in [0.5, 0.6) is 0 Å². The molecule has 4 N–H and O–H groups in total. The zero-order valence-electron chi connectivity index (χ0n) is 15.6. The van der Waals surface area contributed by atoms with Crippen molar-refractivity contribution in [1.29, 1.82) is 0 Å². The van der Waals surface area contributed by atoms with Gasteiger partial charge in [-0.1, -0.05) is 30.3 Å². The van der Waals surface area contributed by atoms with E-state index in [1.54, 1.807) is 12.3 Å². The van der Waals surface area contributed by atoms with Crippen molar-refractivity contribution < 1.29 is 12.9 Å². The van der Waals surface area contributed by atoms with Gasteiger partial charge < -0.3 is 15.9 Å². The Morgan fingerprint density at radius 1 is 1.10 bits per heavy atom. The highest BCUT2D eigenvalue weighted by Gasteiger charge is 2.18. The van der Waals surface area contributed by atoms with E-state index in [0.717, 1.165) is 11.1 Å². The first-order chi connectivity index (χ1) is 14.1. The number of nitrogens with two attached hydrogens (primary N) is 2. The van der Waals surface area contributed by atoms with E-state index in [2.05, 4.69) is 20.2 Å². The minimum absolute atomic E-state index is 0. The monoisotopic (exact) mass is 412 g/mol. The molecule has 0 radical (unpaired) electrons. The number of hydrogen-bond donors (Lipinski definition) is 2. The molecular formula is C20H24N6O2S. The summed E-state index contributed by atoms with van der Waals surface area (Å²) in [5, 5.41) is 8.18. The van der Waals surface area contributed by atoms with E-state index >= 15 is 0 Å². The molecular weight excluding hydrogens is 388 g/mol. The number of aromatic nitrogens is 4. The quantitative estimate of drug-likeness (QED) is 0.509. The zero-order valence-corrected chi connectivity index (χ0v) is 16.4. The normalized spacial score (nSPS) is 12.1. The smallest absolute Gasteiger partial charge is 0.270 e. The van der Waals surface area contributed by atoms with Crippen LogP contribution in [0.3, 0.4) is 0 Å². The number of nitrogens with zero attached hydrogens (tertiary/aromatic N) is 4. The van der Waals surface area contributed by atoms with Crippen molar-refractivity contribution in [2.75, 3.05) is 12.0 Å². The summed E-state index contributed by atoms with van der Waals surface area (Å²) in [5.41, 5.74) is 14.9. The van der Waals surface area contributed by atoms with Gasteiger partial charge in [-0.2, -0.15) is 0 Å². The maximum absolute atomic E-state index is 12.1. The molecule has 0 saturated carbocycles. The van der Waals surface area contributed by atoms with Crippen molar-refractivity contribution in [1.82, 2.24) is 20.2 Å². The Bertz CT molecular complexity index is 1220. The molecule has 0 aliphatic rings. The van der Waals surface area contributed by atoms with Gasteiger partial charge in [0.05, 0.1) is 22.7 Å². The molecule has 2 aromatic carbocycles. The third-order valence-corrected chi connectivity index (χ3v) is 5.29. The summed E-state index contributed by atoms with van der Waals surface area (Å²) in [5.74, 6) is 0.645. The molecule has 1 atom stereocenters. The van der Waals surface area contributed by atoms with E-state index < -0.39 is 10.8 Å². The van der Waals surface area contributed by atoms with Crippen molar-refractivity contribution in [2.24, 2.45) is 5.73 Å². The van der Waals surface area contributed by atoms with Gasteiger partial charge in [0.25, 0.3) is 5.89 Å². The molecule has 29 heavy (non-hydrogen) atoms. The average molecular weight is 413 g/mol. The van der Waals surface area contributed by atoms with Crippen LogP contribution < -0.4 is 11.5 Å². The standard InChI is InChI=1S/C20H18N6O2S.3H2/c1-29(27)16-8-3-2-7-14(16)15-11-23-18(22)17(24-15)20-26-25-19(28-20)13-6-4-5-12(9-13)10-21;;;/h2-9,11H,10,21H2,1H3,(H2,22,23);3*1H. The number of benzene rings is 2. The predicted octanol–water partition coefficient (Wildman–Crippen LogP) is 3.38. The highest BCUT2D eigenvalue weighted by Crippen LogP contribution is 2.30. The van der Waals surface area contributed by atoms with E-state index in [0.29, 0.717) is 28.6 Å². The lowest BCUT2D eigenvalue weighted by atomic mass is 10.1. The summed E-state index contributed by atoms with van der Waals surface area (Å²) in [4.78, 5) is 9.43. The van der Waals surface area contributed by atoms with Crippen LogP contribution >= 0.6 is 0 Å². The third-order valence-electron chi connectivity index (χ3n) is 4.31. The van der Waals surface area contributed by atoms with Crippen LogP contribution in [0.2, 0.25) is 0 Å². The molecule has 0 fully saturated rings. The minimum Gasteiger partial charge on any atom is -0.414 e. The maximum Gasteiger partial charge on any atom is 0.270 e. The lowest BCUT2D eigenvalue weighted by molar-refractivity contribution is 0.582. The fraction of sp³-hybridized carbons (Fsp3) is 0.100. The van der Waals surface area contributed by atoms with E-state index in [1.165, 1.54) is 6.20 Å². The molecule has 4 aromatic rings. The largest absolute Gasteiger partial charge is 0.414 e. The Labute approximate surface area is 173 Å². The SMILES string of the molecule is CS(=O)c1ccccc1-c1cnc(N)c(-c2nnc(-c3cccc(CN)c3)o2)n1.[HH].[HH].[HH]. The molecule has 2 aromatic heterocycles. The molecule has 9 heteroatoms. The molecule has 0 saturated heterocycles. The Morgan fingerprint density at radius 2 is 1.90 bits per heavy atom. The van der Waals surface area contributed by atoms with Crippen molar-refractivity contribution >= 4 is 16.6 Å². The van der Waals surface area contributed by atoms with Gasteiger partial charge in [-0.25, -0.2) is 9.97 Å².